The molecule has 9 nitrogen and oxygen atoms in total. The Hall–Kier alpha value is -3.66. The number of benzene rings is 1. The van der Waals surface area contributed by atoms with E-state index in [9.17, 15) is 9.18 Å². The highest BCUT2D eigenvalue weighted by molar-refractivity contribution is 5.92. The average molecular weight is 421 g/mol. The van der Waals surface area contributed by atoms with Crippen LogP contribution in [0.4, 0.5) is 4.39 Å². The molecule has 0 radical (unpaired) electrons. The highest BCUT2D eigenvalue weighted by Gasteiger charge is 2.29. The fourth-order valence-corrected chi connectivity index (χ4v) is 3.79. The summed E-state index contributed by atoms with van der Waals surface area (Å²) in [5.74, 6) is -0.00866. The molecule has 0 bridgehead atoms. The van der Waals surface area contributed by atoms with Crippen molar-refractivity contribution in [1.82, 2.24) is 34.3 Å². The van der Waals surface area contributed by atoms with Crippen LogP contribution in [0.5, 0.6) is 0 Å². The molecule has 0 spiro atoms. The van der Waals surface area contributed by atoms with E-state index in [4.69, 9.17) is 4.74 Å². The average Bonchev–Trinajstić information content (AvgIpc) is 3.40. The van der Waals surface area contributed by atoms with Gasteiger partial charge in [-0.05, 0) is 50.2 Å². The second-order valence-corrected chi connectivity index (χ2v) is 7.46. The van der Waals surface area contributed by atoms with Crippen molar-refractivity contribution in [1.29, 1.82) is 0 Å². The normalized spacial score (nSPS) is 16.7. The Morgan fingerprint density at radius 2 is 2.00 bits per heavy atom. The molecule has 10 heteroatoms. The van der Waals surface area contributed by atoms with Gasteiger partial charge in [-0.15, -0.1) is 0 Å². The number of hydrogen-bond acceptors (Lipinski definition) is 6. The van der Waals surface area contributed by atoms with E-state index in [1.807, 2.05) is 19.9 Å². The Kier molecular flexibility index (Phi) is 4.70. The Balaban J connectivity index is 1.40. The highest BCUT2D eigenvalue weighted by atomic mass is 19.1. The molecule has 158 valence electrons. The van der Waals surface area contributed by atoms with Crippen LogP contribution in [0.15, 0.2) is 42.7 Å². The van der Waals surface area contributed by atoms with E-state index in [1.165, 1.54) is 18.5 Å². The van der Waals surface area contributed by atoms with Gasteiger partial charge in [0.05, 0.1) is 24.5 Å². The Morgan fingerprint density at radius 1 is 1.19 bits per heavy atom. The van der Waals surface area contributed by atoms with Gasteiger partial charge >= 0.3 is 0 Å². The number of aryl methyl sites for hydroxylation is 2. The maximum Gasteiger partial charge on any atom is 0.274 e. The largest absolute Gasteiger partial charge is 0.368 e. The number of carbonyl (C=O) groups is 1. The van der Waals surface area contributed by atoms with Crippen molar-refractivity contribution >= 4 is 11.7 Å². The first-order chi connectivity index (χ1) is 15.0. The van der Waals surface area contributed by atoms with Crippen LogP contribution in [0, 0.1) is 19.7 Å². The summed E-state index contributed by atoms with van der Waals surface area (Å²) in [5, 5.41) is 8.70. The van der Waals surface area contributed by atoms with Crippen molar-refractivity contribution in [3.63, 3.8) is 0 Å². The summed E-state index contributed by atoms with van der Waals surface area (Å²) in [6.45, 7) is 4.96. The Bertz CT molecular complexity index is 1260. The van der Waals surface area contributed by atoms with Gasteiger partial charge in [0.2, 0.25) is 0 Å². The summed E-state index contributed by atoms with van der Waals surface area (Å²) in [5.41, 5.74) is 3.41. The van der Waals surface area contributed by atoms with Crippen molar-refractivity contribution in [2.45, 2.75) is 20.0 Å². The van der Waals surface area contributed by atoms with E-state index >= 15 is 0 Å². The van der Waals surface area contributed by atoms with Gasteiger partial charge in [0.15, 0.2) is 5.69 Å². The molecular formula is C21H20FN7O2. The Morgan fingerprint density at radius 3 is 2.81 bits per heavy atom. The van der Waals surface area contributed by atoms with Crippen LogP contribution < -0.4 is 0 Å². The van der Waals surface area contributed by atoms with Crippen molar-refractivity contribution < 1.29 is 13.9 Å². The number of rotatable bonds is 3. The molecule has 3 aromatic heterocycles. The van der Waals surface area contributed by atoms with Crippen LogP contribution in [0.25, 0.3) is 11.5 Å². The fourth-order valence-electron chi connectivity index (χ4n) is 3.79. The number of amides is 1. The summed E-state index contributed by atoms with van der Waals surface area (Å²) >= 11 is 0. The van der Waals surface area contributed by atoms with E-state index in [-0.39, 0.29) is 17.8 Å². The van der Waals surface area contributed by atoms with Gasteiger partial charge in [0.25, 0.3) is 11.7 Å². The van der Waals surface area contributed by atoms with Crippen LogP contribution in [0.3, 0.4) is 0 Å². The molecule has 5 rings (SSSR count). The minimum Gasteiger partial charge on any atom is -0.368 e. The number of hydrogen-bond donors (Lipinski definition) is 0. The van der Waals surface area contributed by atoms with Gasteiger partial charge in [-0.1, -0.05) is 0 Å². The number of fused-ring (bicyclic) bond motifs is 1. The van der Waals surface area contributed by atoms with Crippen LogP contribution in [-0.4, -0.2) is 59.9 Å². The molecule has 1 aliphatic heterocycles. The number of aromatic nitrogens is 6. The lowest BCUT2D eigenvalue weighted by atomic mass is 10.1. The van der Waals surface area contributed by atoms with Crippen molar-refractivity contribution in [2.24, 2.45) is 0 Å². The summed E-state index contributed by atoms with van der Waals surface area (Å²) in [4.78, 5) is 23.4. The Labute approximate surface area is 177 Å². The smallest absolute Gasteiger partial charge is 0.274 e. The third-order valence-corrected chi connectivity index (χ3v) is 5.27. The zero-order chi connectivity index (χ0) is 21.5. The van der Waals surface area contributed by atoms with E-state index in [0.29, 0.717) is 36.9 Å². The van der Waals surface area contributed by atoms with Crippen molar-refractivity contribution in [3.8, 4) is 5.69 Å². The lowest BCUT2D eigenvalue weighted by Crippen LogP contribution is -2.43. The fraction of sp³-hybridized carbons (Fsp3) is 0.286. The van der Waals surface area contributed by atoms with Gasteiger partial charge in [-0.25, -0.2) is 14.1 Å². The molecule has 0 N–H and O–H groups in total. The molecule has 1 atom stereocenters. The van der Waals surface area contributed by atoms with Gasteiger partial charge in [0, 0.05) is 17.9 Å². The standard InChI is InChI=1S/C21H20FN7O2/c1-13-9-18(29-21(25-13)23-12-24-29)19-11-27(7-8-31-19)20(30)17-10-14(2)28(26-17)16-5-3-15(22)4-6-16/h3-6,9-10,12,19H,7-8,11H2,1-2H3. The molecule has 4 aromatic rings. The van der Waals surface area contributed by atoms with Crippen LogP contribution in [0.1, 0.15) is 33.7 Å². The molecule has 1 aliphatic rings. The van der Waals surface area contributed by atoms with Gasteiger partial charge in [-0.3, -0.25) is 4.79 Å². The van der Waals surface area contributed by atoms with Crippen LogP contribution >= 0.6 is 0 Å². The third-order valence-electron chi connectivity index (χ3n) is 5.27. The summed E-state index contributed by atoms with van der Waals surface area (Å²) in [7, 11) is 0. The monoisotopic (exact) mass is 421 g/mol. The first-order valence-electron chi connectivity index (χ1n) is 9.90. The molecule has 0 aliphatic carbocycles. The lowest BCUT2D eigenvalue weighted by Gasteiger charge is -2.32. The minimum atomic E-state index is -0.358. The second-order valence-electron chi connectivity index (χ2n) is 7.46. The topological polar surface area (TPSA) is 90.4 Å². The maximum atomic E-state index is 13.2. The summed E-state index contributed by atoms with van der Waals surface area (Å²) < 4.78 is 22.5. The van der Waals surface area contributed by atoms with E-state index in [0.717, 1.165) is 17.1 Å². The van der Waals surface area contributed by atoms with Gasteiger partial charge < -0.3 is 9.64 Å². The second kappa shape index (κ2) is 7.55. The quantitative estimate of drug-likeness (QED) is 0.504. The van der Waals surface area contributed by atoms with E-state index < -0.39 is 0 Å². The van der Waals surface area contributed by atoms with Gasteiger partial charge in [0.1, 0.15) is 18.2 Å². The predicted molar refractivity (Wildman–Crippen MR) is 108 cm³/mol. The lowest BCUT2D eigenvalue weighted by molar-refractivity contribution is -0.0259. The number of halogens is 1. The maximum absolute atomic E-state index is 13.2. The van der Waals surface area contributed by atoms with Crippen molar-refractivity contribution in [3.05, 3.63) is 71.3 Å². The SMILES string of the molecule is Cc1cc(C2CN(C(=O)c3cc(C)n(-c4ccc(F)cc4)n3)CCO2)n2ncnc2n1. The predicted octanol–water partition coefficient (Wildman–Crippen LogP) is 2.28. The zero-order valence-electron chi connectivity index (χ0n) is 17.1. The first-order valence-corrected chi connectivity index (χ1v) is 9.90. The number of ether oxygens (including phenoxy) is 1. The molecule has 1 fully saturated rings. The molecule has 4 heterocycles. The molecular weight excluding hydrogens is 401 g/mol. The van der Waals surface area contributed by atoms with Crippen molar-refractivity contribution in [2.75, 3.05) is 19.7 Å². The molecule has 31 heavy (non-hydrogen) atoms. The van der Waals surface area contributed by atoms with Crippen LogP contribution in [-0.2, 0) is 4.74 Å². The van der Waals surface area contributed by atoms with E-state index in [2.05, 4.69) is 20.2 Å². The summed E-state index contributed by atoms with van der Waals surface area (Å²) in [6.07, 6.45) is 1.09. The number of nitrogens with zero attached hydrogens (tertiary/aromatic N) is 7. The van der Waals surface area contributed by atoms with E-state index in [1.54, 1.807) is 32.3 Å². The molecule has 1 aromatic carbocycles. The summed E-state index contributed by atoms with van der Waals surface area (Å²) in [6, 6.07) is 9.63. The number of carbonyl (C=O) groups excluding carboxylic acids is 1. The number of morpholine rings is 1. The molecule has 1 unspecified atom stereocenters. The molecule has 1 saturated heterocycles. The van der Waals surface area contributed by atoms with Gasteiger partial charge in [-0.2, -0.15) is 19.7 Å². The zero-order valence-corrected chi connectivity index (χ0v) is 17.1. The molecule has 0 saturated carbocycles. The molecule has 1 amide bonds. The minimum absolute atomic E-state index is 0.183. The van der Waals surface area contributed by atoms with Crippen LogP contribution in [0.2, 0.25) is 0 Å². The third kappa shape index (κ3) is 3.55. The highest BCUT2D eigenvalue weighted by Crippen LogP contribution is 2.24. The first kappa shape index (κ1) is 19.3.